The van der Waals surface area contributed by atoms with Crippen LogP contribution in [0.3, 0.4) is 0 Å². The second-order valence-electron chi connectivity index (χ2n) is 8.68. The van der Waals surface area contributed by atoms with Gasteiger partial charge in [0.25, 0.3) is 5.91 Å². The number of hydrogen-bond acceptors (Lipinski definition) is 5. The molecule has 8 heteroatoms. The van der Waals surface area contributed by atoms with Crippen molar-refractivity contribution < 1.29 is 17.9 Å². The van der Waals surface area contributed by atoms with Crippen LogP contribution in [0.25, 0.3) is 0 Å². The second-order valence-corrected chi connectivity index (χ2v) is 10.2. The molecule has 168 valence electrons. The van der Waals surface area contributed by atoms with E-state index < -0.39 is 15.9 Å². The first-order valence-electron chi connectivity index (χ1n) is 10.0. The topological polar surface area (TPSA) is 111 Å². The van der Waals surface area contributed by atoms with Gasteiger partial charge in [-0.2, -0.15) is 0 Å². The normalized spacial score (nSPS) is 11.8. The maximum absolute atomic E-state index is 13.1. The van der Waals surface area contributed by atoms with Crippen LogP contribution >= 0.6 is 0 Å². The Morgan fingerprint density at radius 1 is 1.00 bits per heavy atom. The van der Waals surface area contributed by atoms with Crippen molar-refractivity contribution in [3.05, 3.63) is 77.1 Å². The number of sulfonamides is 1. The Labute approximate surface area is 188 Å². The molecule has 0 spiro atoms. The van der Waals surface area contributed by atoms with Crippen LogP contribution in [0, 0.1) is 13.8 Å². The van der Waals surface area contributed by atoms with E-state index in [1.807, 2.05) is 26.0 Å². The van der Waals surface area contributed by atoms with E-state index in [-0.39, 0.29) is 10.3 Å². The third kappa shape index (κ3) is 5.72. The van der Waals surface area contributed by atoms with Crippen LogP contribution in [0.4, 0.5) is 5.69 Å². The molecule has 0 radical (unpaired) electrons. The van der Waals surface area contributed by atoms with E-state index in [9.17, 15) is 13.2 Å². The van der Waals surface area contributed by atoms with E-state index in [0.29, 0.717) is 22.7 Å². The number of aromatic nitrogens is 1. The Balaban J connectivity index is 2.00. The summed E-state index contributed by atoms with van der Waals surface area (Å²) in [6.07, 6.45) is 0. The molecule has 3 aromatic rings. The molecule has 1 aromatic heterocycles. The number of rotatable bonds is 5. The highest BCUT2D eigenvalue weighted by Crippen LogP contribution is 2.32. The van der Waals surface area contributed by atoms with Gasteiger partial charge in [-0.15, -0.1) is 0 Å². The number of nitrogens with one attached hydrogen (secondary N) is 1. The molecular formula is C24H27N3O4S. The van der Waals surface area contributed by atoms with Gasteiger partial charge in [-0.05, 0) is 55.2 Å². The second kappa shape index (κ2) is 8.72. The third-order valence-electron chi connectivity index (χ3n) is 4.80. The molecule has 0 unspecified atom stereocenters. The van der Waals surface area contributed by atoms with Crippen molar-refractivity contribution in [2.75, 3.05) is 5.32 Å². The van der Waals surface area contributed by atoms with Crippen molar-refractivity contribution in [2.24, 2.45) is 5.14 Å². The Morgan fingerprint density at radius 3 is 2.25 bits per heavy atom. The number of carbonyl (C=O) groups excluding carboxylic acids is 1. The van der Waals surface area contributed by atoms with Crippen molar-refractivity contribution in [3.8, 4) is 11.5 Å². The average Bonchev–Trinajstić information content (AvgIpc) is 2.66. The monoisotopic (exact) mass is 453 g/mol. The van der Waals surface area contributed by atoms with Gasteiger partial charge in [0.1, 0.15) is 11.5 Å². The molecule has 3 rings (SSSR count). The summed E-state index contributed by atoms with van der Waals surface area (Å²) in [6.45, 7) is 9.97. The number of carbonyl (C=O) groups is 1. The summed E-state index contributed by atoms with van der Waals surface area (Å²) in [5.74, 6) is 0.531. The number of primary sulfonamides is 1. The van der Waals surface area contributed by atoms with Crippen LogP contribution in [0.15, 0.2) is 59.5 Å². The Morgan fingerprint density at radius 2 is 1.66 bits per heavy atom. The van der Waals surface area contributed by atoms with E-state index in [1.54, 1.807) is 24.3 Å². The number of anilines is 1. The fraction of sp³-hybridized carbons (Fsp3) is 0.250. The molecule has 0 saturated heterocycles. The molecule has 32 heavy (non-hydrogen) atoms. The van der Waals surface area contributed by atoms with Crippen molar-refractivity contribution in [1.29, 1.82) is 0 Å². The largest absolute Gasteiger partial charge is 0.456 e. The lowest BCUT2D eigenvalue weighted by atomic mass is 9.86. The van der Waals surface area contributed by atoms with Gasteiger partial charge in [0.05, 0.1) is 10.5 Å². The van der Waals surface area contributed by atoms with Gasteiger partial charge in [-0.3, -0.25) is 9.78 Å². The first kappa shape index (κ1) is 23.4. The lowest BCUT2D eigenvalue weighted by Gasteiger charge is -2.21. The van der Waals surface area contributed by atoms with Crippen molar-refractivity contribution in [1.82, 2.24) is 4.98 Å². The fourth-order valence-corrected chi connectivity index (χ4v) is 3.75. The van der Waals surface area contributed by atoms with Crippen LogP contribution < -0.4 is 15.2 Å². The zero-order valence-electron chi connectivity index (χ0n) is 18.8. The summed E-state index contributed by atoms with van der Waals surface area (Å²) >= 11 is 0. The molecule has 0 aliphatic carbocycles. The van der Waals surface area contributed by atoms with Crippen molar-refractivity contribution in [3.63, 3.8) is 0 Å². The van der Waals surface area contributed by atoms with Crippen molar-refractivity contribution in [2.45, 2.75) is 44.9 Å². The molecule has 2 aromatic carbocycles. The number of aryl methyl sites for hydroxylation is 2. The van der Waals surface area contributed by atoms with E-state index in [1.165, 1.54) is 18.2 Å². The molecule has 1 heterocycles. The van der Waals surface area contributed by atoms with E-state index in [2.05, 4.69) is 31.1 Å². The molecule has 1 amide bonds. The first-order chi connectivity index (χ1) is 14.8. The van der Waals surface area contributed by atoms with E-state index >= 15 is 0 Å². The summed E-state index contributed by atoms with van der Waals surface area (Å²) in [4.78, 5) is 17.4. The molecule has 0 aliphatic heterocycles. The highest BCUT2D eigenvalue weighted by Gasteiger charge is 2.20. The van der Waals surface area contributed by atoms with Gasteiger partial charge in [0.15, 0.2) is 0 Å². The summed E-state index contributed by atoms with van der Waals surface area (Å²) in [6, 6.07) is 14.8. The number of amides is 1. The summed E-state index contributed by atoms with van der Waals surface area (Å²) < 4.78 is 29.4. The van der Waals surface area contributed by atoms with Gasteiger partial charge in [0.2, 0.25) is 10.0 Å². The van der Waals surface area contributed by atoms with Gasteiger partial charge in [-0.1, -0.05) is 32.9 Å². The maximum Gasteiger partial charge on any atom is 0.259 e. The third-order valence-corrected chi connectivity index (χ3v) is 5.71. The smallest absolute Gasteiger partial charge is 0.259 e. The minimum Gasteiger partial charge on any atom is -0.456 e. The van der Waals surface area contributed by atoms with Crippen LogP contribution in [0.1, 0.15) is 48.1 Å². The lowest BCUT2D eigenvalue weighted by molar-refractivity contribution is 0.102. The minimum atomic E-state index is -3.89. The van der Waals surface area contributed by atoms with Gasteiger partial charge >= 0.3 is 0 Å². The van der Waals surface area contributed by atoms with E-state index in [4.69, 9.17) is 9.88 Å². The fourth-order valence-electron chi connectivity index (χ4n) is 3.19. The van der Waals surface area contributed by atoms with Gasteiger partial charge in [0, 0.05) is 29.2 Å². The number of nitrogens with zero attached hydrogens (tertiary/aromatic N) is 1. The molecule has 7 nitrogen and oxygen atoms in total. The molecule has 3 N–H and O–H groups in total. The average molecular weight is 454 g/mol. The Hall–Kier alpha value is -3.23. The highest BCUT2D eigenvalue weighted by atomic mass is 32.2. The summed E-state index contributed by atoms with van der Waals surface area (Å²) in [7, 11) is -3.89. The Kier molecular flexibility index (Phi) is 6.39. The number of nitrogens with two attached hydrogens (primary N) is 1. The van der Waals surface area contributed by atoms with Crippen molar-refractivity contribution >= 4 is 21.6 Å². The molecule has 0 aliphatic rings. The lowest BCUT2D eigenvalue weighted by Crippen LogP contribution is -2.17. The standard InChI is InChI=1S/C24H27N3O4S/c1-15-11-19(12-16(2)26-15)31-22-13-17(24(3,4)5)9-10-21(22)23(28)27-18-7-6-8-20(14-18)32(25,29)30/h6-14H,1-5H3,(H,27,28)(H2,25,29,30). The van der Waals surface area contributed by atoms with Crippen LogP contribution in [0.5, 0.6) is 11.5 Å². The number of benzene rings is 2. The van der Waals surface area contributed by atoms with Crippen LogP contribution in [-0.2, 0) is 15.4 Å². The Bertz CT molecular complexity index is 1260. The molecule has 0 fully saturated rings. The molecule has 0 saturated carbocycles. The number of hydrogen-bond donors (Lipinski definition) is 2. The van der Waals surface area contributed by atoms with E-state index in [0.717, 1.165) is 17.0 Å². The predicted octanol–water partition coefficient (Wildman–Crippen LogP) is 4.69. The maximum atomic E-state index is 13.1. The molecular weight excluding hydrogens is 426 g/mol. The number of pyridine rings is 1. The molecule has 0 bridgehead atoms. The van der Waals surface area contributed by atoms with Crippen LogP contribution in [0.2, 0.25) is 0 Å². The van der Waals surface area contributed by atoms with Crippen LogP contribution in [-0.4, -0.2) is 19.3 Å². The first-order valence-corrected chi connectivity index (χ1v) is 11.6. The predicted molar refractivity (Wildman–Crippen MR) is 125 cm³/mol. The minimum absolute atomic E-state index is 0.0856. The number of ether oxygens (including phenoxy) is 1. The summed E-state index contributed by atoms with van der Waals surface area (Å²) in [5, 5.41) is 7.92. The highest BCUT2D eigenvalue weighted by molar-refractivity contribution is 7.89. The molecule has 0 atom stereocenters. The zero-order chi connectivity index (χ0) is 23.7. The summed E-state index contributed by atoms with van der Waals surface area (Å²) in [5.41, 5.74) is 3.08. The SMILES string of the molecule is Cc1cc(Oc2cc(C(C)(C)C)ccc2C(=O)Nc2cccc(S(N)(=O)=O)c2)cc(C)n1. The van der Waals surface area contributed by atoms with Gasteiger partial charge < -0.3 is 10.1 Å². The van der Waals surface area contributed by atoms with Gasteiger partial charge in [-0.25, -0.2) is 13.6 Å². The quantitative estimate of drug-likeness (QED) is 0.582. The zero-order valence-corrected chi connectivity index (χ0v) is 19.6.